The number of amides is 1. The molecule has 4 N–H and O–H groups in total. The van der Waals surface area contributed by atoms with Crippen molar-refractivity contribution >= 4 is 11.6 Å². The molecule has 1 saturated heterocycles. The number of rotatable bonds is 5. The Morgan fingerprint density at radius 3 is 2.50 bits per heavy atom. The Bertz CT molecular complexity index is 750. The number of nitrogen functional groups attached to an aromatic ring is 1. The van der Waals surface area contributed by atoms with E-state index in [1.807, 2.05) is 13.0 Å². The number of nitrogens with one attached hydrogen (secondary N) is 1. The van der Waals surface area contributed by atoms with Crippen LogP contribution in [0.25, 0.3) is 0 Å². The number of hydrogen-bond acceptors (Lipinski definition) is 4. The molecule has 1 aliphatic rings. The number of nitrogens with two attached hydrogens (primary N) is 1. The third kappa shape index (κ3) is 4.84. The van der Waals surface area contributed by atoms with Crippen molar-refractivity contribution in [1.29, 1.82) is 0 Å². The molecule has 138 valence electrons. The Hall–Kier alpha value is -2.37. The Kier molecular flexibility index (Phi) is 5.91. The van der Waals surface area contributed by atoms with Crippen LogP contribution < -0.4 is 11.1 Å². The predicted octanol–water partition coefficient (Wildman–Crippen LogP) is 2.46. The number of piperidine rings is 1. The van der Waals surface area contributed by atoms with E-state index in [0.717, 1.165) is 43.6 Å². The zero-order valence-electron chi connectivity index (χ0n) is 15.2. The van der Waals surface area contributed by atoms with Gasteiger partial charge in [0.15, 0.2) is 0 Å². The van der Waals surface area contributed by atoms with Gasteiger partial charge < -0.3 is 16.2 Å². The smallest absolute Gasteiger partial charge is 0.251 e. The minimum Gasteiger partial charge on any atom is -0.399 e. The van der Waals surface area contributed by atoms with E-state index in [-0.39, 0.29) is 12.0 Å². The van der Waals surface area contributed by atoms with Gasteiger partial charge >= 0.3 is 0 Å². The van der Waals surface area contributed by atoms with E-state index >= 15 is 0 Å². The molecule has 0 atom stereocenters. The quantitative estimate of drug-likeness (QED) is 0.722. The van der Waals surface area contributed by atoms with Crippen molar-refractivity contribution in [1.82, 2.24) is 10.2 Å². The maximum absolute atomic E-state index is 12.4. The normalized spacial score (nSPS) is 15.8. The molecule has 0 saturated carbocycles. The Morgan fingerprint density at radius 2 is 1.81 bits per heavy atom. The van der Waals surface area contributed by atoms with E-state index in [1.165, 1.54) is 5.56 Å². The van der Waals surface area contributed by atoms with Crippen LogP contribution in [0.3, 0.4) is 0 Å². The molecule has 1 aliphatic heterocycles. The fourth-order valence-corrected chi connectivity index (χ4v) is 3.26. The number of aliphatic hydroxyl groups excluding tert-OH is 1. The largest absolute Gasteiger partial charge is 0.399 e. The number of aryl methyl sites for hydroxylation is 1. The topological polar surface area (TPSA) is 78.6 Å². The van der Waals surface area contributed by atoms with Gasteiger partial charge in [0.05, 0.1) is 6.10 Å². The lowest BCUT2D eigenvalue weighted by atomic mass is 10.1. The average Bonchev–Trinajstić information content (AvgIpc) is 2.65. The van der Waals surface area contributed by atoms with Gasteiger partial charge in [-0.1, -0.05) is 30.3 Å². The lowest BCUT2D eigenvalue weighted by Crippen LogP contribution is -2.35. The summed E-state index contributed by atoms with van der Waals surface area (Å²) in [6.07, 6.45) is 1.57. The van der Waals surface area contributed by atoms with Crippen molar-refractivity contribution in [3.05, 3.63) is 64.7 Å². The summed E-state index contributed by atoms with van der Waals surface area (Å²) in [5, 5.41) is 12.5. The van der Waals surface area contributed by atoms with Crippen LogP contribution in [0.5, 0.6) is 0 Å². The average molecular weight is 353 g/mol. The summed E-state index contributed by atoms with van der Waals surface area (Å²) in [5.74, 6) is -0.106. The summed E-state index contributed by atoms with van der Waals surface area (Å²) in [6, 6.07) is 13.7. The fourth-order valence-electron chi connectivity index (χ4n) is 3.26. The molecule has 0 radical (unpaired) electrons. The second kappa shape index (κ2) is 8.34. The first kappa shape index (κ1) is 18.4. The Balaban J connectivity index is 1.52. The van der Waals surface area contributed by atoms with Crippen LogP contribution >= 0.6 is 0 Å². The molecule has 0 unspecified atom stereocenters. The molecule has 1 fully saturated rings. The summed E-state index contributed by atoms with van der Waals surface area (Å²) in [5.41, 5.74) is 10.2. The van der Waals surface area contributed by atoms with Crippen molar-refractivity contribution in [2.45, 2.75) is 39.0 Å². The number of benzene rings is 2. The highest BCUT2D eigenvalue weighted by molar-refractivity contribution is 5.96. The molecule has 0 bridgehead atoms. The van der Waals surface area contributed by atoms with E-state index in [9.17, 15) is 9.90 Å². The third-order valence-electron chi connectivity index (χ3n) is 4.95. The van der Waals surface area contributed by atoms with E-state index in [0.29, 0.717) is 17.8 Å². The summed E-state index contributed by atoms with van der Waals surface area (Å²) >= 11 is 0. The molecule has 5 heteroatoms. The van der Waals surface area contributed by atoms with Gasteiger partial charge in [0, 0.05) is 37.4 Å². The van der Waals surface area contributed by atoms with E-state index in [2.05, 4.69) is 34.5 Å². The SMILES string of the molecule is Cc1ccc(N)cc1C(=O)NCc1ccc(CN2CCC(O)CC2)cc1. The summed E-state index contributed by atoms with van der Waals surface area (Å²) in [7, 11) is 0. The van der Waals surface area contributed by atoms with Gasteiger partial charge in [-0.25, -0.2) is 0 Å². The second-order valence-electron chi connectivity index (χ2n) is 7.08. The maximum Gasteiger partial charge on any atom is 0.251 e. The number of hydrogen-bond donors (Lipinski definition) is 3. The summed E-state index contributed by atoms with van der Waals surface area (Å²) in [4.78, 5) is 14.7. The van der Waals surface area contributed by atoms with Crippen molar-refractivity contribution in [3.8, 4) is 0 Å². The first-order valence-electron chi connectivity index (χ1n) is 9.14. The third-order valence-corrected chi connectivity index (χ3v) is 4.95. The van der Waals surface area contributed by atoms with Crippen molar-refractivity contribution in [2.75, 3.05) is 18.8 Å². The lowest BCUT2D eigenvalue weighted by Gasteiger charge is -2.29. The number of aliphatic hydroxyl groups is 1. The highest BCUT2D eigenvalue weighted by Gasteiger charge is 2.16. The van der Waals surface area contributed by atoms with Gasteiger partial charge in [0.25, 0.3) is 5.91 Å². The molecule has 0 aromatic heterocycles. The Morgan fingerprint density at radius 1 is 1.15 bits per heavy atom. The van der Waals surface area contributed by atoms with Crippen LogP contribution in [0.2, 0.25) is 0 Å². The zero-order chi connectivity index (χ0) is 18.5. The minimum absolute atomic E-state index is 0.106. The molecule has 0 aliphatic carbocycles. The van der Waals surface area contributed by atoms with Crippen molar-refractivity contribution in [2.24, 2.45) is 0 Å². The molecular formula is C21H27N3O2. The van der Waals surface area contributed by atoms with Gasteiger partial charge in [-0.2, -0.15) is 0 Å². The van der Waals surface area contributed by atoms with Gasteiger partial charge in [-0.3, -0.25) is 9.69 Å². The summed E-state index contributed by atoms with van der Waals surface area (Å²) < 4.78 is 0. The molecular weight excluding hydrogens is 326 g/mol. The number of likely N-dealkylation sites (tertiary alicyclic amines) is 1. The van der Waals surface area contributed by atoms with Crippen LogP contribution in [-0.4, -0.2) is 35.1 Å². The van der Waals surface area contributed by atoms with Gasteiger partial charge in [0.2, 0.25) is 0 Å². The minimum atomic E-state index is -0.138. The van der Waals surface area contributed by atoms with E-state index in [1.54, 1.807) is 12.1 Å². The Labute approximate surface area is 154 Å². The molecule has 0 spiro atoms. The highest BCUT2D eigenvalue weighted by atomic mass is 16.3. The number of carbonyl (C=O) groups excluding carboxylic acids is 1. The van der Waals surface area contributed by atoms with Crippen LogP contribution in [0.15, 0.2) is 42.5 Å². The molecule has 2 aromatic carbocycles. The second-order valence-corrected chi connectivity index (χ2v) is 7.08. The molecule has 2 aromatic rings. The van der Waals surface area contributed by atoms with Gasteiger partial charge in [-0.05, 0) is 48.6 Å². The molecule has 5 nitrogen and oxygen atoms in total. The first-order valence-corrected chi connectivity index (χ1v) is 9.14. The van der Waals surface area contributed by atoms with Crippen molar-refractivity contribution in [3.63, 3.8) is 0 Å². The van der Waals surface area contributed by atoms with Crippen LogP contribution in [0, 0.1) is 6.92 Å². The van der Waals surface area contributed by atoms with Crippen LogP contribution in [0.4, 0.5) is 5.69 Å². The number of nitrogens with zero attached hydrogens (tertiary/aromatic N) is 1. The fraction of sp³-hybridized carbons (Fsp3) is 0.381. The monoisotopic (exact) mass is 353 g/mol. The van der Waals surface area contributed by atoms with E-state index in [4.69, 9.17) is 5.73 Å². The molecule has 1 amide bonds. The van der Waals surface area contributed by atoms with Crippen LogP contribution in [-0.2, 0) is 13.1 Å². The highest BCUT2D eigenvalue weighted by Crippen LogP contribution is 2.15. The van der Waals surface area contributed by atoms with E-state index < -0.39 is 0 Å². The predicted molar refractivity (Wildman–Crippen MR) is 104 cm³/mol. The molecule has 26 heavy (non-hydrogen) atoms. The number of anilines is 1. The van der Waals surface area contributed by atoms with Gasteiger partial charge in [-0.15, -0.1) is 0 Å². The molecule has 3 rings (SSSR count). The summed E-state index contributed by atoms with van der Waals surface area (Å²) in [6.45, 7) is 5.19. The maximum atomic E-state index is 12.4. The van der Waals surface area contributed by atoms with Crippen LogP contribution in [0.1, 0.15) is 39.9 Å². The molecule has 1 heterocycles. The zero-order valence-corrected chi connectivity index (χ0v) is 15.2. The first-order chi connectivity index (χ1) is 12.5. The number of carbonyl (C=O) groups is 1. The van der Waals surface area contributed by atoms with Gasteiger partial charge in [0.1, 0.15) is 0 Å². The standard InChI is InChI=1S/C21H27N3O2/c1-15-2-7-18(22)12-20(15)21(26)23-13-16-3-5-17(6-4-16)14-24-10-8-19(25)9-11-24/h2-7,12,19,25H,8-11,13-14,22H2,1H3,(H,23,26). The van der Waals surface area contributed by atoms with Crippen molar-refractivity contribution < 1.29 is 9.90 Å². The lowest BCUT2D eigenvalue weighted by molar-refractivity contribution is 0.0792.